The van der Waals surface area contributed by atoms with Crippen LogP contribution in [0, 0.1) is 6.92 Å². The molecule has 0 spiro atoms. The Bertz CT molecular complexity index is 770. The number of nitrogens with zero attached hydrogens (tertiary/aromatic N) is 2. The van der Waals surface area contributed by atoms with E-state index in [1.54, 1.807) is 37.6 Å². The summed E-state index contributed by atoms with van der Waals surface area (Å²) in [4.78, 5) is 7.59. The molecule has 0 saturated carbocycles. The van der Waals surface area contributed by atoms with E-state index in [0.717, 1.165) is 5.69 Å². The number of methoxy groups -OCH3 is 1. The van der Waals surface area contributed by atoms with Gasteiger partial charge >= 0.3 is 0 Å². The second-order valence-electron chi connectivity index (χ2n) is 5.33. The summed E-state index contributed by atoms with van der Waals surface area (Å²) < 4.78 is 37.9. The molecule has 2 heterocycles. The Morgan fingerprint density at radius 1 is 1.35 bits per heavy atom. The van der Waals surface area contributed by atoms with Gasteiger partial charge in [-0.15, -0.1) is 0 Å². The van der Waals surface area contributed by atoms with Gasteiger partial charge in [-0.3, -0.25) is 0 Å². The molecule has 23 heavy (non-hydrogen) atoms. The SMILES string of the molecule is COc1ccc(S(=O)(=O)N2CCOC[C@@H]2c2ncc(C)[nH]2)cc1. The molecular formula is C15H19N3O4S. The fraction of sp³-hybridized carbons (Fsp3) is 0.400. The van der Waals surface area contributed by atoms with Gasteiger partial charge in [0.05, 0.1) is 25.2 Å². The van der Waals surface area contributed by atoms with Gasteiger partial charge in [0.1, 0.15) is 17.6 Å². The summed E-state index contributed by atoms with van der Waals surface area (Å²) in [5, 5.41) is 0. The Balaban J connectivity index is 1.95. The molecule has 2 aromatic rings. The molecular weight excluding hydrogens is 318 g/mol. The first-order valence-corrected chi connectivity index (χ1v) is 8.71. The maximum atomic E-state index is 13.0. The first-order chi connectivity index (χ1) is 11.0. The molecule has 1 fully saturated rings. The lowest BCUT2D eigenvalue weighted by molar-refractivity contribution is 0.0292. The summed E-state index contributed by atoms with van der Waals surface area (Å²) in [5.41, 5.74) is 0.882. The largest absolute Gasteiger partial charge is 0.497 e. The van der Waals surface area contributed by atoms with E-state index in [0.29, 0.717) is 24.7 Å². The molecule has 1 aliphatic rings. The molecule has 1 aromatic heterocycles. The van der Waals surface area contributed by atoms with Crippen LogP contribution in [0.1, 0.15) is 17.6 Å². The summed E-state index contributed by atoms with van der Waals surface area (Å²) in [7, 11) is -2.09. The first-order valence-electron chi connectivity index (χ1n) is 7.27. The lowest BCUT2D eigenvalue weighted by Crippen LogP contribution is -2.43. The van der Waals surface area contributed by atoms with E-state index in [4.69, 9.17) is 9.47 Å². The fourth-order valence-corrected chi connectivity index (χ4v) is 4.14. The normalized spacial score (nSPS) is 19.7. The van der Waals surface area contributed by atoms with Crippen molar-refractivity contribution in [1.29, 1.82) is 0 Å². The molecule has 0 unspecified atom stereocenters. The second-order valence-corrected chi connectivity index (χ2v) is 7.22. The van der Waals surface area contributed by atoms with Gasteiger partial charge in [-0.2, -0.15) is 4.31 Å². The van der Waals surface area contributed by atoms with Crippen LogP contribution in [0.25, 0.3) is 0 Å². The van der Waals surface area contributed by atoms with Gasteiger partial charge in [0.15, 0.2) is 0 Å². The van der Waals surface area contributed by atoms with Crippen LogP contribution < -0.4 is 4.74 Å². The van der Waals surface area contributed by atoms with Gasteiger partial charge in [-0.25, -0.2) is 13.4 Å². The average Bonchev–Trinajstić information content (AvgIpc) is 3.01. The van der Waals surface area contributed by atoms with E-state index < -0.39 is 16.1 Å². The monoisotopic (exact) mass is 337 g/mol. The highest BCUT2D eigenvalue weighted by Crippen LogP contribution is 2.29. The van der Waals surface area contributed by atoms with Crippen molar-refractivity contribution in [2.45, 2.75) is 17.9 Å². The molecule has 1 aromatic carbocycles. The maximum Gasteiger partial charge on any atom is 0.243 e. The van der Waals surface area contributed by atoms with Crippen molar-refractivity contribution in [3.8, 4) is 5.75 Å². The second kappa shape index (κ2) is 6.31. The van der Waals surface area contributed by atoms with Crippen molar-refractivity contribution >= 4 is 10.0 Å². The molecule has 0 aliphatic carbocycles. The topological polar surface area (TPSA) is 84.5 Å². The summed E-state index contributed by atoms with van der Waals surface area (Å²) in [5.74, 6) is 1.21. The average molecular weight is 337 g/mol. The van der Waals surface area contributed by atoms with Crippen molar-refractivity contribution in [2.75, 3.05) is 26.9 Å². The Hall–Kier alpha value is -1.90. The van der Waals surface area contributed by atoms with E-state index >= 15 is 0 Å². The molecule has 7 nitrogen and oxygen atoms in total. The van der Waals surface area contributed by atoms with E-state index in [9.17, 15) is 8.42 Å². The Morgan fingerprint density at radius 2 is 2.09 bits per heavy atom. The van der Waals surface area contributed by atoms with Gasteiger partial charge in [-0.1, -0.05) is 0 Å². The van der Waals surface area contributed by atoms with Crippen molar-refractivity contribution < 1.29 is 17.9 Å². The number of hydrogen-bond acceptors (Lipinski definition) is 5. The number of rotatable bonds is 4. The summed E-state index contributed by atoms with van der Waals surface area (Å²) >= 11 is 0. The minimum Gasteiger partial charge on any atom is -0.497 e. The van der Waals surface area contributed by atoms with Gasteiger partial charge in [0, 0.05) is 18.4 Å². The number of sulfonamides is 1. The number of aromatic amines is 1. The van der Waals surface area contributed by atoms with Crippen molar-refractivity contribution in [3.63, 3.8) is 0 Å². The highest BCUT2D eigenvalue weighted by molar-refractivity contribution is 7.89. The van der Waals surface area contributed by atoms with Crippen LogP contribution in [0.3, 0.4) is 0 Å². The molecule has 8 heteroatoms. The third-order valence-electron chi connectivity index (χ3n) is 3.78. The van der Waals surface area contributed by atoms with E-state index in [1.807, 2.05) is 6.92 Å². The standard InChI is InChI=1S/C15H19N3O4S/c1-11-9-16-15(17-11)14-10-22-8-7-18(14)23(19,20)13-5-3-12(21-2)4-6-13/h3-6,9,14H,7-8,10H2,1-2H3,(H,16,17)/t14-/m1/s1. The quantitative estimate of drug-likeness (QED) is 0.914. The summed E-state index contributed by atoms with van der Waals surface area (Å²) in [6, 6.07) is 5.92. The van der Waals surface area contributed by atoms with E-state index in [2.05, 4.69) is 9.97 Å². The van der Waals surface area contributed by atoms with Crippen LogP contribution in [-0.4, -0.2) is 49.6 Å². The van der Waals surface area contributed by atoms with Crippen LogP contribution in [0.5, 0.6) is 5.75 Å². The zero-order chi connectivity index (χ0) is 16.4. The van der Waals surface area contributed by atoms with Gasteiger partial charge in [0.2, 0.25) is 10.0 Å². The van der Waals surface area contributed by atoms with Gasteiger partial charge < -0.3 is 14.5 Å². The highest BCUT2D eigenvalue weighted by atomic mass is 32.2. The minimum atomic E-state index is -3.64. The number of H-pyrrole nitrogens is 1. The lowest BCUT2D eigenvalue weighted by atomic mass is 10.2. The summed E-state index contributed by atoms with van der Waals surface area (Å²) in [6.07, 6.45) is 1.68. The van der Waals surface area contributed by atoms with Crippen LogP contribution in [0.15, 0.2) is 35.4 Å². The highest BCUT2D eigenvalue weighted by Gasteiger charge is 2.36. The molecule has 0 bridgehead atoms. The number of morpholine rings is 1. The number of benzene rings is 1. The maximum absolute atomic E-state index is 13.0. The number of hydrogen-bond donors (Lipinski definition) is 1. The molecule has 3 rings (SSSR count). The number of ether oxygens (including phenoxy) is 2. The van der Waals surface area contributed by atoms with Crippen LogP contribution in [0.4, 0.5) is 0 Å². The number of aromatic nitrogens is 2. The van der Waals surface area contributed by atoms with Gasteiger partial charge in [0.25, 0.3) is 0 Å². The molecule has 1 saturated heterocycles. The molecule has 1 aliphatic heterocycles. The van der Waals surface area contributed by atoms with Crippen LogP contribution in [-0.2, 0) is 14.8 Å². The predicted octanol–water partition coefficient (Wildman–Crippen LogP) is 1.49. The molecule has 1 N–H and O–H groups in total. The molecule has 124 valence electrons. The first kappa shape index (κ1) is 16.0. The Labute approximate surface area is 135 Å². The Morgan fingerprint density at radius 3 is 2.70 bits per heavy atom. The third-order valence-corrected chi connectivity index (χ3v) is 5.71. The molecule has 0 radical (unpaired) electrons. The molecule has 0 amide bonds. The smallest absolute Gasteiger partial charge is 0.243 e. The van der Waals surface area contributed by atoms with Crippen molar-refractivity contribution in [1.82, 2.24) is 14.3 Å². The predicted molar refractivity (Wildman–Crippen MR) is 83.8 cm³/mol. The van der Waals surface area contributed by atoms with Crippen LogP contribution in [0.2, 0.25) is 0 Å². The summed E-state index contributed by atoms with van der Waals surface area (Å²) in [6.45, 7) is 2.81. The van der Waals surface area contributed by atoms with Crippen molar-refractivity contribution in [2.24, 2.45) is 0 Å². The number of nitrogens with one attached hydrogen (secondary N) is 1. The van der Waals surface area contributed by atoms with E-state index in [-0.39, 0.29) is 11.5 Å². The molecule has 1 atom stereocenters. The zero-order valence-electron chi connectivity index (χ0n) is 13.0. The van der Waals surface area contributed by atoms with Gasteiger partial charge in [-0.05, 0) is 31.2 Å². The van der Waals surface area contributed by atoms with Crippen molar-refractivity contribution in [3.05, 3.63) is 42.0 Å². The lowest BCUT2D eigenvalue weighted by Gasteiger charge is -2.33. The van der Waals surface area contributed by atoms with Crippen LogP contribution >= 0.6 is 0 Å². The zero-order valence-corrected chi connectivity index (χ0v) is 13.8. The number of aryl methyl sites for hydroxylation is 1. The minimum absolute atomic E-state index is 0.230. The third kappa shape index (κ3) is 3.10. The fourth-order valence-electron chi connectivity index (χ4n) is 2.58. The number of imidazole rings is 1. The Kier molecular flexibility index (Phi) is 4.38. The van der Waals surface area contributed by atoms with E-state index in [1.165, 1.54) is 4.31 Å².